The van der Waals surface area contributed by atoms with Gasteiger partial charge in [-0.05, 0) is 18.4 Å². The van der Waals surface area contributed by atoms with E-state index in [1.165, 1.54) is 11.3 Å². The molecule has 8 heteroatoms. The van der Waals surface area contributed by atoms with Crippen molar-refractivity contribution in [3.05, 3.63) is 22.4 Å². The highest BCUT2D eigenvalue weighted by Crippen LogP contribution is 2.07. The van der Waals surface area contributed by atoms with E-state index >= 15 is 0 Å². The number of carbonyl (C=O) groups is 3. The molecule has 0 bridgehead atoms. The molecule has 1 aromatic heterocycles. The summed E-state index contributed by atoms with van der Waals surface area (Å²) in [5.41, 5.74) is 0.616. The van der Waals surface area contributed by atoms with Gasteiger partial charge in [-0.25, -0.2) is 4.79 Å². The number of thiophene rings is 1. The predicted octanol–water partition coefficient (Wildman–Crippen LogP) is 1.17. The number of hydrogen-bond acceptors (Lipinski definition) is 5. The summed E-state index contributed by atoms with van der Waals surface area (Å²) < 4.78 is 4.94. The molecule has 0 radical (unpaired) electrons. The Morgan fingerprint density at radius 3 is 2.52 bits per heavy atom. The van der Waals surface area contributed by atoms with Gasteiger partial charge in [0.05, 0.1) is 6.61 Å². The second-order valence-electron chi connectivity index (χ2n) is 5.08. The number of nitrogens with one attached hydrogen (secondary N) is 1. The highest BCUT2D eigenvalue weighted by Gasteiger charge is 2.24. The van der Waals surface area contributed by atoms with Crippen LogP contribution in [0.2, 0.25) is 0 Å². The first-order chi connectivity index (χ1) is 11.1. The Morgan fingerprint density at radius 2 is 1.91 bits per heavy atom. The van der Waals surface area contributed by atoms with Crippen LogP contribution in [0.3, 0.4) is 0 Å². The fourth-order valence-electron chi connectivity index (χ4n) is 2.29. The van der Waals surface area contributed by atoms with Crippen LogP contribution in [0.1, 0.15) is 23.7 Å². The van der Waals surface area contributed by atoms with Crippen molar-refractivity contribution in [3.63, 3.8) is 0 Å². The third-order valence-corrected chi connectivity index (χ3v) is 4.25. The lowest BCUT2D eigenvalue weighted by atomic mass is 10.2. The quantitative estimate of drug-likeness (QED) is 0.873. The van der Waals surface area contributed by atoms with E-state index in [-0.39, 0.29) is 24.3 Å². The molecule has 0 atom stereocenters. The van der Waals surface area contributed by atoms with E-state index < -0.39 is 0 Å². The second-order valence-corrected chi connectivity index (χ2v) is 5.86. The Labute approximate surface area is 139 Å². The van der Waals surface area contributed by atoms with Gasteiger partial charge in [-0.3, -0.25) is 9.59 Å². The van der Waals surface area contributed by atoms with Crippen molar-refractivity contribution in [2.75, 3.05) is 39.3 Å². The number of rotatable bonds is 5. The zero-order chi connectivity index (χ0) is 16.7. The molecular formula is C15H21N3O4S. The van der Waals surface area contributed by atoms with Gasteiger partial charge in [0.1, 0.15) is 0 Å². The van der Waals surface area contributed by atoms with E-state index in [1.807, 2.05) is 5.38 Å². The minimum Gasteiger partial charge on any atom is -0.450 e. The third-order valence-electron chi connectivity index (χ3n) is 3.57. The van der Waals surface area contributed by atoms with Crippen LogP contribution in [0.15, 0.2) is 16.8 Å². The fraction of sp³-hybridized carbons (Fsp3) is 0.533. The van der Waals surface area contributed by atoms with Crippen LogP contribution in [0, 0.1) is 0 Å². The Morgan fingerprint density at radius 1 is 1.22 bits per heavy atom. The molecule has 2 heterocycles. The number of ether oxygens (including phenoxy) is 1. The topological polar surface area (TPSA) is 79.0 Å². The third kappa shape index (κ3) is 4.95. The van der Waals surface area contributed by atoms with Gasteiger partial charge in [0, 0.05) is 50.1 Å². The largest absolute Gasteiger partial charge is 0.450 e. The van der Waals surface area contributed by atoms with E-state index in [2.05, 4.69) is 5.32 Å². The van der Waals surface area contributed by atoms with Crippen molar-refractivity contribution in [1.82, 2.24) is 15.1 Å². The molecule has 1 saturated heterocycles. The molecule has 1 aliphatic heterocycles. The molecule has 3 amide bonds. The van der Waals surface area contributed by atoms with Crippen LogP contribution in [0.4, 0.5) is 4.79 Å². The Kier molecular flexibility index (Phi) is 6.40. The Balaban J connectivity index is 1.67. The molecule has 0 unspecified atom stereocenters. The standard InChI is InChI=1S/C15H21N3O4S/c1-2-22-15(21)18-8-6-17(7-9-18)13(19)3-5-16-14(20)12-4-10-23-11-12/h4,10-11H,2-3,5-9H2,1H3,(H,16,20). The van der Waals surface area contributed by atoms with E-state index in [0.717, 1.165) is 0 Å². The lowest BCUT2D eigenvalue weighted by Crippen LogP contribution is -2.51. The van der Waals surface area contributed by atoms with Gasteiger partial charge in [-0.2, -0.15) is 11.3 Å². The summed E-state index contributed by atoms with van der Waals surface area (Å²) in [7, 11) is 0. The summed E-state index contributed by atoms with van der Waals surface area (Å²) in [6, 6.07) is 1.75. The summed E-state index contributed by atoms with van der Waals surface area (Å²) in [6.45, 7) is 4.37. The highest BCUT2D eigenvalue weighted by molar-refractivity contribution is 7.08. The van der Waals surface area contributed by atoms with Crippen LogP contribution in [-0.4, -0.2) is 67.0 Å². The molecule has 1 aliphatic rings. The van der Waals surface area contributed by atoms with Crippen LogP contribution in [0.25, 0.3) is 0 Å². The molecule has 0 spiro atoms. The first-order valence-corrected chi connectivity index (χ1v) is 8.56. The number of piperazine rings is 1. The molecule has 2 rings (SSSR count). The van der Waals surface area contributed by atoms with Crippen molar-refractivity contribution < 1.29 is 19.1 Å². The Bertz CT molecular complexity index is 539. The number of hydrogen-bond donors (Lipinski definition) is 1. The van der Waals surface area contributed by atoms with Crippen LogP contribution in [-0.2, 0) is 9.53 Å². The molecule has 0 aliphatic carbocycles. The first kappa shape index (κ1) is 17.3. The average Bonchev–Trinajstić information content (AvgIpc) is 3.09. The van der Waals surface area contributed by atoms with Crippen LogP contribution < -0.4 is 5.32 Å². The molecule has 0 aromatic carbocycles. The van der Waals surface area contributed by atoms with Crippen molar-refractivity contribution in [3.8, 4) is 0 Å². The Hall–Kier alpha value is -2.09. The van der Waals surface area contributed by atoms with Gasteiger partial charge in [0.2, 0.25) is 5.91 Å². The van der Waals surface area contributed by atoms with Gasteiger partial charge in [0.25, 0.3) is 5.91 Å². The van der Waals surface area contributed by atoms with Crippen molar-refractivity contribution in [1.29, 1.82) is 0 Å². The van der Waals surface area contributed by atoms with Crippen LogP contribution in [0.5, 0.6) is 0 Å². The van der Waals surface area contributed by atoms with Crippen molar-refractivity contribution >= 4 is 29.2 Å². The molecule has 1 aromatic rings. The number of carbonyl (C=O) groups excluding carboxylic acids is 3. The average molecular weight is 339 g/mol. The van der Waals surface area contributed by atoms with E-state index in [1.54, 1.807) is 28.2 Å². The van der Waals surface area contributed by atoms with Gasteiger partial charge in [-0.15, -0.1) is 0 Å². The molecule has 1 fully saturated rings. The summed E-state index contributed by atoms with van der Waals surface area (Å²) in [6.07, 6.45) is -0.0717. The van der Waals surface area contributed by atoms with Gasteiger partial charge in [-0.1, -0.05) is 0 Å². The maximum atomic E-state index is 12.1. The van der Waals surface area contributed by atoms with Crippen molar-refractivity contribution in [2.24, 2.45) is 0 Å². The molecule has 23 heavy (non-hydrogen) atoms. The molecule has 0 saturated carbocycles. The zero-order valence-corrected chi connectivity index (χ0v) is 13.9. The predicted molar refractivity (Wildman–Crippen MR) is 86.4 cm³/mol. The van der Waals surface area contributed by atoms with Crippen molar-refractivity contribution in [2.45, 2.75) is 13.3 Å². The monoisotopic (exact) mass is 339 g/mol. The highest BCUT2D eigenvalue weighted by atomic mass is 32.1. The first-order valence-electron chi connectivity index (χ1n) is 7.61. The molecular weight excluding hydrogens is 318 g/mol. The van der Waals surface area contributed by atoms with Gasteiger partial charge >= 0.3 is 6.09 Å². The van der Waals surface area contributed by atoms with E-state index in [9.17, 15) is 14.4 Å². The lowest BCUT2D eigenvalue weighted by Gasteiger charge is -2.34. The second kappa shape index (κ2) is 8.52. The molecule has 1 N–H and O–H groups in total. The van der Waals surface area contributed by atoms with Crippen LogP contribution >= 0.6 is 11.3 Å². The maximum Gasteiger partial charge on any atom is 0.409 e. The minimum absolute atomic E-state index is 0.0147. The fourth-order valence-corrected chi connectivity index (χ4v) is 2.93. The SMILES string of the molecule is CCOC(=O)N1CCN(C(=O)CCNC(=O)c2ccsc2)CC1. The van der Waals surface area contributed by atoms with Gasteiger partial charge < -0.3 is 19.9 Å². The van der Waals surface area contributed by atoms with E-state index in [4.69, 9.17) is 4.74 Å². The summed E-state index contributed by atoms with van der Waals surface area (Å²) in [4.78, 5) is 38.8. The van der Waals surface area contributed by atoms with Gasteiger partial charge in [0.15, 0.2) is 0 Å². The normalized spacial score (nSPS) is 14.5. The molecule has 126 valence electrons. The summed E-state index contributed by atoms with van der Waals surface area (Å²) in [5.74, 6) is -0.176. The lowest BCUT2D eigenvalue weighted by molar-refractivity contribution is -0.132. The van der Waals surface area contributed by atoms with E-state index in [0.29, 0.717) is 44.9 Å². The summed E-state index contributed by atoms with van der Waals surface area (Å²) in [5, 5.41) is 6.34. The zero-order valence-electron chi connectivity index (χ0n) is 13.1. The number of amides is 3. The molecule has 7 nitrogen and oxygen atoms in total. The summed E-state index contributed by atoms with van der Waals surface area (Å²) >= 11 is 1.46. The maximum absolute atomic E-state index is 12.1. The number of nitrogens with zero attached hydrogens (tertiary/aromatic N) is 2. The smallest absolute Gasteiger partial charge is 0.409 e. The minimum atomic E-state index is -0.331.